The van der Waals surface area contributed by atoms with Gasteiger partial charge in [0.15, 0.2) is 5.82 Å². The highest BCUT2D eigenvalue weighted by Gasteiger charge is 2.32. The summed E-state index contributed by atoms with van der Waals surface area (Å²) in [7, 11) is 2.73. The average molecular weight is 576 g/mol. The van der Waals surface area contributed by atoms with Gasteiger partial charge in [0.25, 0.3) is 6.43 Å². The number of hydrogen-bond donors (Lipinski definition) is 1. The minimum Gasteiger partial charge on any atom is -0.358 e. The number of halogens is 2. The van der Waals surface area contributed by atoms with Crippen LogP contribution in [0.4, 0.5) is 25.1 Å². The Hall–Kier alpha value is -3.12. The first-order chi connectivity index (χ1) is 19.1. The van der Waals surface area contributed by atoms with Gasteiger partial charge in [-0.2, -0.15) is 10.2 Å². The number of amides is 2. The molecule has 0 aliphatic carbocycles. The van der Waals surface area contributed by atoms with E-state index in [1.807, 2.05) is 10.7 Å². The van der Waals surface area contributed by atoms with E-state index >= 15 is 0 Å². The molecule has 3 aromatic rings. The van der Waals surface area contributed by atoms with Crippen molar-refractivity contribution in [2.24, 2.45) is 7.05 Å². The van der Waals surface area contributed by atoms with E-state index in [2.05, 4.69) is 34.1 Å². The van der Waals surface area contributed by atoms with E-state index in [0.29, 0.717) is 56.3 Å². The molecule has 0 saturated heterocycles. The standard InChI is InChI=1S/C28H39F2N7O2S/c1-31-28(38)35-10-8-24-23(17-35)27(33-37(24)18-39-11-12-40(3,4)5)36-9-6-7-19-13-21(20-15-32-34(2)16-20)22(26(29)30)14-25(19)36/h13-16,26H,6-12,17-18H2,1-5H3,(H,31,38). The fourth-order valence-corrected chi connectivity index (χ4v) is 6.07. The zero-order chi connectivity index (χ0) is 28.6. The van der Waals surface area contributed by atoms with Crippen LogP contribution in [0.15, 0.2) is 24.5 Å². The summed E-state index contributed by atoms with van der Waals surface area (Å²) in [6.45, 7) is 2.59. The number of carbonyl (C=O) groups excluding carboxylic acids is 1. The molecule has 5 rings (SSSR count). The summed E-state index contributed by atoms with van der Waals surface area (Å²) in [5.74, 6) is 1.71. The van der Waals surface area contributed by atoms with Crippen molar-refractivity contribution < 1.29 is 18.3 Å². The van der Waals surface area contributed by atoms with Crippen LogP contribution in [-0.2, 0) is 37.9 Å². The number of hydrogen-bond acceptors (Lipinski definition) is 5. The molecule has 218 valence electrons. The van der Waals surface area contributed by atoms with Crippen LogP contribution in [-0.4, -0.2) is 81.8 Å². The molecule has 0 unspecified atom stereocenters. The third-order valence-electron chi connectivity index (χ3n) is 7.54. The van der Waals surface area contributed by atoms with Gasteiger partial charge in [-0.05, 0) is 54.9 Å². The van der Waals surface area contributed by atoms with Gasteiger partial charge in [-0.1, -0.05) is 0 Å². The lowest BCUT2D eigenvalue weighted by molar-refractivity contribution is 0.0780. The molecule has 1 aromatic carbocycles. The van der Waals surface area contributed by atoms with Gasteiger partial charge in [-0.15, -0.1) is 0 Å². The summed E-state index contributed by atoms with van der Waals surface area (Å²) in [5.41, 5.74) is 4.89. The first kappa shape index (κ1) is 28.4. The minimum absolute atomic E-state index is 0.0213. The van der Waals surface area contributed by atoms with E-state index in [1.54, 1.807) is 42.1 Å². The fourth-order valence-electron chi connectivity index (χ4n) is 5.45. The van der Waals surface area contributed by atoms with E-state index in [1.165, 1.54) is 0 Å². The Labute approximate surface area is 235 Å². The van der Waals surface area contributed by atoms with Crippen molar-refractivity contribution in [1.82, 2.24) is 29.8 Å². The number of aromatic nitrogens is 4. The molecule has 1 N–H and O–H groups in total. The van der Waals surface area contributed by atoms with Crippen LogP contribution in [0.1, 0.15) is 35.2 Å². The number of fused-ring (bicyclic) bond motifs is 2. The number of carbonyl (C=O) groups is 1. The normalized spacial score (nSPS) is 15.8. The predicted molar refractivity (Wildman–Crippen MR) is 156 cm³/mol. The maximum absolute atomic E-state index is 14.4. The van der Waals surface area contributed by atoms with Crippen LogP contribution in [0.2, 0.25) is 0 Å². The SMILES string of the molecule is CNC(=O)N1CCc2c(c(N3CCCc4cc(-c5cnn(C)c5)c(C(F)F)cc43)nn2COCCS(C)(C)C)C1. The second-order valence-electron chi connectivity index (χ2n) is 11.3. The zero-order valence-corrected chi connectivity index (χ0v) is 24.7. The van der Waals surface area contributed by atoms with Crippen molar-refractivity contribution in [1.29, 1.82) is 0 Å². The number of anilines is 2. The van der Waals surface area contributed by atoms with E-state index in [0.717, 1.165) is 41.1 Å². The van der Waals surface area contributed by atoms with E-state index in [4.69, 9.17) is 9.84 Å². The molecule has 0 spiro atoms. The smallest absolute Gasteiger partial charge is 0.317 e. The van der Waals surface area contributed by atoms with Crippen LogP contribution in [0.5, 0.6) is 0 Å². The number of nitrogens with zero attached hydrogens (tertiary/aromatic N) is 6. The van der Waals surface area contributed by atoms with Crippen molar-refractivity contribution in [3.63, 3.8) is 0 Å². The lowest BCUT2D eigenvalue weighted by Crippen LogP contribution is -2.41. The van der Waals surface area contributed by atoms with Gasteiger partial charge >= 0.3 is 6.03 Å². The topological polar surface area (TPSA) is 80.5 Å². The lowest BCUT2D eigenvalue weighted by atomic mass is 9.92. The van der Waals surface area contributed by atoms with Crippen molar-refractivity contribution in [3.05, 3.63) is 46.9 Å². The maximum atomic E-state index is 14.4. The molecule has 0 fully saturated rings. The fraction of sp³-hybridized carbons (Fsp3) is 0.536. The van der Waals surface area contributed by atoms with Gasteiger partial charge in [-0.25, -0.2) is 28.3 Å². The maximum Gasteiger partial charge on any atom is 0.317 e. The Morgan fingerprint density at radius 3 is 2.67 bits per heavy atom. The number of alkyl halides is 2. The summed E-state index contributed by atoms with van der Waals surface area (Å²) < 4.78 is 38.4. The molecule has 0 bridgehead atoms. The Morgan fingerprint density at radius 2 is 2.00 bits per heavy atom. The number of nitrogens with one attached hydrogen (secondary N) is 1. The predicted octanol–water partition coefficient (Wildman–Crippen LogP) is 4.67. The summed E-state index contributed by atoms with van der Waals surface area (Å²) in [6.07, 6.45) is 9.83. The molecule has 0 atom stereocenters. The molecule has 12 heteroatoms. The molecular weight excluding hydrogens is 536 g/mol. The Balaban J connectivity index is 1.54. The number of rotatable bonds is 8. The molecule has 2 aliphatic rings. The first-order valence-electron chi connectivity index (χ1n) is 13.6. The molecule has 4 heterocycles. The van der Waals surface area contributed by atoms with Crippen LogP contribution in [0.25, 0.3) is 11.1 Å². The highest BCUT2D eigenvalue weighted by Crippen LogP contribution is 2.43. The van der Waals surface area contributed by atoms with Crippen molar-refractivity contribution >= 4 is 27.6 Å². The summed E-state index contributed by atoms with van der Waals surface area (Å²) in [4.78, 5) is 16.4. The average Bonchev–Trinajstić information content (AvgIpc) is 3.52. The van der Waals surface area contributed by atoms with E-state index < -0.39 is 16.5 Å². The molecule has 2 aromatic heterocycles. The Morgan fingerprint density at radius 1 is 1.20 bits per heavy atom. The molecule has 9 nitrogen and oxygen atoms in total. The van der Waals surface area contributed by atoms with Gasteiger partial charge in [0.2, 0.25) is 0 Å². The number of ether oxygens (including phenoxy) is 1. The summed E-state index contributed by atoms with van der Waals surface area (Å²) in [5, 5.41) is 11.9. The van der Waals surface area contributed by atoms with Gasteiger partial charge < -0.3 is 19.9 Å². The molecular formula is C28H39F2N7O2S. The Bertz CT molecular complexity index is 1380. The molecule has 2 amide bonds. The largest absolute Gasteiger partial charge is 0.358 e. The van der Waals surface area contributed by atoms with Gasteiger partial charge in [0.1, 0.15) is 6.73 Å². The zero-order valence-electron chi connectivity index (χ0n) is 23.9. The highest BCUT2D eigenvalue weighted by molar-refractivity contribution is 8.32. The highest BCUT2D eigenvalue weighted by atomic mass is 32.3. The number of aryl methyl sites for hydroxylation is 2. The van der Waals surface area contributed by atoms with Crippen LogP contribution >= 0.6 is 10.0 Å². The molecule has 40 heavy (non-hydrogen) atoms. The first-order valence-corrected chi connectivity index (χ1v) is 16.6. The van der Waals surface area contributed by atoms with Crippen molar-refractivity contribution in [2.45, 2.75) is 39.0 Å². The number of urea groups is 1. The van der Waals surface area contributed by atoms with Crippen LogP contribution < -0.4 is 10.2 Å². The third kappa shape index (κ3) is 5.83. The van der Waals surface area contributed by atoms with Crippen molar-refractivity contribution in [3.8, 4) is 11.1 Å². The van der Waals surface area contributed by atoms with Crippen LogP contribution in [0.3, 0.4) is 0 Å². The molecule has 0 radical (unpaired) electrons. The third-order valence-corrected chi connectivity index (χ3v) is 8.93. The second-order valence-corrected chi connectivity index (χ2v) is 15.9. The van der Waals surface area contributed by atoms with Crippen molar-refractivity contribution in [2.75, 3.05) is 56.2 Å². The quantitative estimate of drug-likeness (QED) is 0.395. The molecule has 0 saturated carbocycles. The van der Waals surface area contributed by atoms with Gasteiger partial charge in [0.05, 0.1) is 25.0 Å². The van der Waals surface area contributed by atoms with E-state index in [9.17, 15) is 13.6 Å². The lowest BCUT2D eigenvalue weighted by Gasteiger charge is -2.33. The monoisotopic (exact) mass is 575 g/mol. The molecule has 2 aliphatic heterocycles. The van der Waals surface area contributed by atoms with E-state index in [-0.39, 0.29) is 11.6 Å². The van der Waals surface area contributed by atoms with Gasteiger partial charge in [0, 0.05) is 67.9 Å². The summed E-state index contributed by atoms with van der Waals surface area (Å²) in [6, 6.07) is 3.36. The second kappa shape index (κ2) is 11.4. The van der Waals surface area contributed by atoms with Crippen LogP contribution in [0, 0.1) is 0 Å². The Kier molecular flexibility index (Phi) is 8.10. The van der Waals surface area contributed by atoms with Gasteiger partial charge in [-0.3, -0.25) is 4.68 Å². The minimum atomic E-state index is -2.64. The summed E-state index contributed by atoms with van der Waals surface area (Å²) >= 11 is 0. The number of benzene rings is 1.